The molecule has 0 aromatic carbocycles. The minimum Gasteiger partial charge on any atom is -0.390 e. The third-order valence-corrected chi connectivity index (χ3v) is 16.9. The van der Waals surface area contributed by atoms with E-state index in [4.69, 9.17) is 5.73 Å². The molecular weight excluding hydrogens is 1140 g/mol. The summed E-state index contributed by atoms with van der Waals surface area (Å²) in [5, 5.41) is 23.3. The first-order valence-corrected chi connectivity index (χ1v) is 32.3. The number of nitrogens with zero attached hydrogens (tertiary/aromatic N) is 7. The lowest BCUT2D eigenvalue weighted by Crippen LogP contribution is -2.63. The number of nitrogens with two attached hydrogens (primary N) is 1. The topological polar surface area (TPSA) is 305 Å². The Morgan fingerprint density at radius 3 is 1.39 bits per heavy atom. The van der Waals surface area contributed by atoms with Gasteiger partial charge < -0.3 is 66.4 Å². The number of unbranched alkanes of at least 4 members (excludes halogenated alkanes) is 1. The molecule has 24 heteroatoms. The zero-order chi connectivity index (χ0) is 68.8. The zero-order valence-electron chi connectivity index (χ0n) is 58.5. The molecule has 0 spiro atoms. The van der Waals surface area contributed by atoms with E-state index in [1.807, 2.05) is 61.5 Å². The second-order valence-electron chi connectivity index (χ2n) is 27.2. The molecule has 0 saturated carbocycles. The molecule has 11 amide bonds. The van der Waals surface area contributed by atoms with Gasteiger partial charge in [0, 0.05) is 49.3 Å². The van der Waals surface area contributed by atoms with Gasteiger partial charge in [0.25, 0.3) is 0 Å². The standard InChI is InChI=1S/C65H118N12O12/c1-24-26-29-43(15)55(79)54-59(83)68-45(25-2)60(84)71(17)36-51(78)72(18)47(32-37(3)4)58(82)70-52(41(11)12)64(88)73(19)48(33-38(5)6)57(81)67-44(16)56(80)69-46(30-27-28-31-66)61(85)74(20)49(34-39(7)8)62(86)75(21)50(35-40(9)10)63(87)76(22)53(42(13)14)65(89)77(54)23/h24,26,37-50,52-55,79H,25,27-36,66H2,1-23H3,(H,67,81)(H,68,83)(H,69,80)(H,70,82)/b26-24+/t43-,44+,45+,46-,47+,48+,49+,50+,52+,53+,54+,55-/m1/s1. The van der Waals surface area contributed by atoms with Gasteiger partial charge in [0.2, 0.25) is 65.0 Å². The van der Waals surface area contributed by atoms with Crippen LogP contribution in [0.4, 0.5) is 0 Å². The number of hydrogen-bond donors (Lipinski definition) is 6. The van der Waals surface area contributed by atoms with E-state index in [-0.39, 0.29) is 62.2 Å². The van der Waals surface area contributed by atoms with Crippen molar-refractivity contribution in [2.45, 2.75) is 235 Å². The highest BCUT2D eigenvalue weighted by Crippen LogP contribution is 2.26. The molecule has 0 bridgehead atoms. The quantitative estimate of drug-likeness (QED) is 0.0800. The number of aliphatic hydroxyl groups is 1. The molecule has 1 aliphatic rings. The Hall–Kier alpha value is -6.17. The number of likely N-dealkylation sites (N-methyl/N-ethyl adjacent to an activating group) is 7. The maximum atomic E-state index is 15.2. The monoisotopic (exact) mass is 1260 g/mol. The summed E-state index contributed by atoms with van der Waals surface area (Å²) in [6, 6.07) is -12.4. The molecule has 1 saturated heterocycles. The lowest BCUT2D eigenvalue weighted by Gasteiger charge is -2.41. The number of rotatable bonds is 19. The van der Waals surface area contributed by atoms with Gasteiger partial charge in [0.15, 0.2) is 0 Å². The molecule has 1 rings (SSSR count). The van der Waals surface area contributed by atoms with Gasteiger partial charge in [0.05, 0.1) is 12.6 Å². The minimum absolute atomic E-state index is 0.0192. The van der Waals surface area contributed by atoms with E-state index in [1.165, 1.54) is 80.8 Å². The molecule has 12 atom stereocenters. The predicted molar refractivity (Wildman–Crippen MR) is 346 cm³/mol. The van der Waals surface area contributed by atoms with Crippen molar-refractivity contribution in [2.24, 2.45) is 47.2 Å². The molecule has 1 heterocycles. The van der Waals surface area contributed by atoms with Crippen molar-refractivity contribution in [3.63, 3.8) is 0 Å². The fourth-order valence-electron chi connectivity index (χ4n) is 11.3. The van der Waals surface area contributed by atoms with Crippen molar-refractivity contribution >= 4 is 65.0 Å². The second-order valence-corrected chi connectivity index (χ2v) is 27.2. The lowest BCUT2D eigenvalue weighted by molar-refractivity contribution is -0.157. The number of amides is 11. The Bertz CT molecular complexity index is 2400. The third-order valence-electron chi connectivity index (χ3n) is 16.9. The Morgan fingerprint density at radius 2 is 0.933 bits per heavy atom. The van der Waals surface area contributed by atoms with E-state index >= 15 is 14.4 Å². The zero-order valence-corrected chi connectivity index (χ0v) is 58.5. The van der Waals surface area contributed by atoms with Gasteiger partial charge in [-0.25, -0.2) is 0 Å². The predicted octanol–water partition coefficient (Wildman–Crippen LogP) is 3.38. The first kappa shape index (κ1) is 80.8. The fourth-order valence-corrected chi connectivity index (χ4v) is 11.3. The molecule has 7 N–H and O–H groups in total. The average molecular weight is 1260 g/mol. The summed E-state index contributed by atoms with van der Waals surface area (Å²) < 4.78 is 0. The number of aliphatic hydroxyl groups excluding tert-OH is 1. The Morgan fingerprint density at radius 1 is 0.494 bits per heavy atom. The van der Waals surface area contributed by atoms with E-state index in [2.05, 4.69) is 21.3 Å². The van der Waals surface area contributed by atoms with Crippen LogP contribution in [0.3, 0.4) is 0 Å². The van der Waals surface area contributed by atoms with Gasteiger partial charge in [-0.05, 0) is 120 Å². The SMILES string of the molecule is C/C=C/C[C@@H](C)[C@@H](O)[C@H]1C(=O)N[C@@H](CC)C(=O)N(C)CC(=O)N(C)[C@@H](CC(C)C)C(=O)N[C@@H](C(C)C)C(=O)N(C)[C@@H](CC(C)C)C(=O)N[C@@H](C)C(=O)N[C@H](CCCCN)C(=O)N(C)[C@@H](CC(C)C)C(=O)N(C)[C@@H](CC(C)C)C(=O)N(C)[C@@H](C(C)C)C(=O)N1C. The highest BCUT2D eigenvalue weighted by atomic mass is 16.3. The molecule has 89 heavy (non-hydrogen) atoms. The van der Waals surface area contributed by atoms with Crippen molar-refractivity contribution < 1.29 is 57.8 Å². The lowest BCUT2D eigenvalue weighted by atomic mass is 9.91. The molecular formula is C65H118N12O12. The summed E-state index contributed by atoms with van der Waals surface area (Å²) in [4.78, 5) is 171. The molecule has 510 valence electrons. The number of nitrogens with one attached hydrogen (secondary N) is 4. The summed E-state index contributed by atoms with van der Waals surface area (Å²) in [7, 11) is 9.97. The van der Waals surface area contributed by atoms with Gasteiger partial charge in [-0.1, -0.05) is 109 Å². The van der Waals surface area contributed by atoms with Gasteiger partial charge in [-0.3, -0.25) is 52.7 Å². The summed E-state index contributed by atoms with van der Waals surface area (Å²) in [6.45, 7) is 28.2. The normalized spacial score (nSPS) is 26.2. The van der Waals surface area contributed by atoms with Crippen LogP contribution in [0, 0.1) is 41.4 Å². The largest absolute Gasteiger partial charge is 0.390 e. The second kappa shape index (κ2) is 37.9. The first-order valence-electron chi connectivity index (χ1n) is 32.3. The molecule has 0 unspecified atom stereocenters. The molecule has 0 aromatic heterocycles. The maximum Gasteiger partial charge on any atom is 0.246 e. The van der Waals surface area contributed by atoms with Crippen LogP contribution in [0.5, 0.6) is 0 Å². The number of carbonyl (C=O) groups excluding carboxylic acids is 11. The van der Waals surface area contributed by atoms with E-state index in [0.717, 1.165) is 9.80 Å². The van der Waals surface area contributed by atoms with E-state index in [1.54, 1.807) is 54.5 Å². The smallest absolute Gasteiger partial charge is 0.246 e. The van der Waals surface area contributed by atoms with Crippen molar-refractivity contribution in [1.29, 1.82) is 0 Å². The van der Waals surface area contributed by atoms with Crippen LogP contribution in [-0.2, 0) is 52.7 Å². The Labute approximate surface area is 533 Å². The van der Waals surface area contributed by atoms with Crippen LogP contribution < -0.4 is 27.0 Å². The average Bonchev–Trinajstić information content (AvgIpc) is 2.46. The fraction of sp³-hybridized carbons (Fsp3) is 0.800. The highest BCUT2D eigenvalue weighted by molar-refractivity contribution is 5.99. The molecule has 0 aliphatic carbocycles. The maximum absolute atomic E-state index is 15.2. The number of hydrogen-bond acceptors (Lipinski definition) is 13. The summed E-state index contributed by atoms with van der Waals surface area (Å²) in [5.41, 5.74) is 5.89. The van der Waals surface area contributed by atoms with Gasteiger partial charge in [-0.15, -0.1) is 0 Å². The van der Waals surface area contributed by atoms with Gasteiger partial charge in [0.1, 0.15) is 60.4 Å². The Balaban J connectivity index is 4.44. The van der Waals surface area contributed by atoms with Gasteiger partial charge in [-0.2, -0.15) is 0 Å². The summed E-state index contributed by atoms with van der Waals surface area (Å²) in [5.74, 6) is -9.77. The first-order chi connectivity index (χ1) is 41.2. The van der Waals surface area contributed by atoms with Gasteiger partial charge >= 0.3 is 0 Å². The van der Waals surface area contributed by atoms with Crippen molar-refractivity contribution in [2.75, 3.05) is 62.4 Å². The van der Waals surface area contributed by atoms with Crippen molar-refractivity contribution in [3.05, 3.63) is 12.2 Å². The van der Waals surface area contributed by atoms with Crippen LogP contribution in [0.25, 0.3) is 0 Å². The summed E-state index contributed by atoms with van der Waals surface area (Å²) >= 11 is 0. The minimum atomic E-state index is -1.62. The molecule has 0 radical (unpaired) electrons. The number of carbonyl (C=O) groups is 11. The van der Waals surface area contributed by atoms with Crippen LogP contribution in [-0.4, -0.2) is 233 Å². The van der Waals surface area contributed by atoms with Crippen molar-refractivity contribution in [3.8, 4) is 0 Å². The van der Waals surface area contributed by atoms with E-state index in [9.17, 15) is 43.5 Å². The highest BCUT2D eigenvalue weighted by Gasteiger charge is 2.46. The molecule has 1 fully saturated rings. The van der Waals surface area contributed by atoms with Crippen LogP contribution in [0.15, 0.2) is 12.2 Å². The Kier molecular flexibility index (Phi) is 34.4. The van der Waals surface area contributed by atoms with E-state index in [0.29, 0.717) is 25.8 Å². The van der Waals surface area contributed by atoms with Crippen LogP contribution >= 0.6 is 0 Å². The number of allylic oxidation sites excluding steroid dienone is 2. The van der Waals surface area contributed by atoms with Crippen molar-refractivity contribution in [1.82, 2.24) is 55.6 Å². The molecule has 1 aliphatic heterocycles. The van der Waals surface area contributed by atoms with Crippen LogP contribution in [0.2, 0.25) is 0 Å². The molecule has 24 nitrogen and oxygen atoms in total. The van der Waals surface area contributed by atoms with Crippen LogP contribution in [0.1, 0.15) is 169 Å². The van der Waals surface area contributed by atoms with E-state index < -0.39 is 156 Å². The molecule has 0 aromatic rings. The summed E-state index contributed by atoms with van der Waals surface area (Å²) in [6.07, 6.45) is 4.02. The third kappa shape index (κ3) is 23.5.